The monoisotopic (exact) mass is 339 g/mol. The number of hydrogen-bond acceptors (Lipinski definition) is 3. The molecule has 6 atom stereocenters. The van der Waals surface area contributed by atoms with E-state index in [2.05, 4.69) is 35.0 Å². The first kappa shape index (κ1) is 15.8. The molecule has 0 bridgehead atoms. The molecule has 1 aromatic heterocycles. The van der Waals surface area contributed by atoms with E-state index in [4.69, 9.17) is 0 Å². The topological polar surface area (TPSA) is 47.8 Å². The minimum absolute atomic E-state index is 0.281. The lowest BCUT2D eigenvalue weighted by atomic mass is 9.47. The largest absolute Gasteiger partial charge is 0.295 e. The summed E-state index contributed by atoms with van der Waals surface area (Å²) in [4.78, 5) is 11.9. The van der Waals surface area contributed by atoms with Crippen LogP contribution in [0.25, 0.3) is 0 Å². The molecule has 4 aliphatic rings. The highest BCUT2D eigenvalue weighted by Crippen LogP contribution is 2.67. The predicted octanol–water partition coefficient (Wildman–Crippen LogP) is 4.35. The van der Waals surface area contributed by atoms with Crippen LogP contribution in [0.5, 0.6) is 0 Å². The smallest absolute Gasteiger partial charge is 0.155 e. The number of carbonyl (C=O) groups is 1. The average Bonchev–Trinajstić information content (AvgIpc) is 3.22. The van der Waals surface area contributed by atoms with E-state index in [0.717, 1.165) is 37.0 Å². The molecule has 0 radical (unpaired) electrons. The lowest BCUT2D eigenvalue weighted by Crippen LogP contribution is -2.50. The zero-order chi connectivity index (χ0) is 17.2. The lowest BCUT2D eigenvalue weighted by molar-refractivity contribution is -0.117. The molecule has 3 fully saturated rings. The molecule has 5 rings (SSSR count). The number of aromatic nitrogens is 3. The van der Waals surface area contributed by atoms with E-state index in [1.807, 2.05) is 12.3 Å². The molecular weight excluding hydrogens is 310 g/mol. The van der Waals surface area contributed by atoms with Gasteiger partial charge in [-0.1, -0.05) is 24.6 Å². The second-order valence-electron chi connectivity index (χ2n) is 9.49. The van der Waals surface area contributed by atoms with Crippen LogP contribution in [-0.2, 0) is 4.79 Å². The first-order valence-corrected chi connectivity index (χ1v) is 10.1. The first-order chi connectivity index (χ1) is 12.0. The van der Waals surface area contributed by atoms with Crippen molar-refractivity contribution in [3.8, 4) is 0 Å². The maximum Gasteiger partial charge on any atom is 0.155 e. The maximum absolute atomic E-state index is 11.9. The molecule has 0 N–H and O–H groups in total. The molecule has 4 heteroatoms. The van der Waals surface area contributed by atoms with Gasteiger partial charge in [-0.25, -0.2) is 4.68 Å². The van der Waals surface area contributed by atoms with Crippen molar-refractivity contribution in [1.29, 1.82) is 0 Å². The van der Waals surface area contributed by atoms with Crippen LogP contribution in [0.4, 0.5) is 0 Å². The zero-order valence-electron chi connectivity index (χ0n) is 15.4. The Bertz CT molecular complexity index is 724. The Morgan fingerprint density at radius 2 is 1.96 bits per heavy atom. The minimum Gasteiger partial charge on any atom is -0.295 e. The molecule has 0 aliphatic heterocycles. The third kappa shape index (κ3) is 2.09. The van der Waals surface area contributed by atoms with Crippen LogP contribution in [-0.4, -0.2) is 20.8 Å². The lowest BCUT2D eigenvalue weighted by Gasteiger charge is -2.58. The van der Waals surface area contributed by atoms with Crippen molar-refractivity contribution in [2.75, 3.05) is 0 Å². The molecule has 0 aromatic carbocycles. The summed E-state index contributed by atoms with van der Waals surface area (Å²) in [7, 11) is 0. The normalized spacial score (nSPS) is 46.2. The number of carbonyl (C=O) groups excluding carboxylic acids is 1. The van der Waals surface area contributed by atoms with Gasteiger partial charge in [0.25, 0.3) is 0 Å². The van der Waals surface area contributed by atoms with Gasteiger partial charge >= 0.3 is 0 Å². The van der Waals surface area contributed by atoms with Crippen LogP contribution in [0.3, 0.4) is 0 Å². The van der Waals surface area contributed by atoms with Crippen molar-refractivity contribution in [3.63, 3.8) is 0 Å². The number of ketones is 1. The Kier molecular flexibility index (Phi) is 3.33. The highest BCUT2D eigenvalue weighted by molar-refractivity contribution is 5.91. The standard InChI is InChI=1S/C21H29N3O/c1-20-9-7-15(25)13-14(20)3-4-16-17-5-6-19(24-12-11-22-23-24)21(17,2)10-8-18(16)20/h11-13,16-19H,3-10H2,1-2H3/t16-,17-,18-,19-,20-,21-/m0/s1. The van der Waals surface area contributed by atoms with Crippen LogP contribution < -0.4 is 0 Å². The van der Waals surface area contributed by atoms with Crippen LogP contribution in [0.15, 0.2) is 24.0 Å². The van der Waals surface area contributed by atoms with Crippen molar-refractivity contribution in [1.82, 2.24) is 15.0 Å². The van der Waals surface area contributed by atoms with Gasteiger partial charge < -0.3 is 0 Å². The van der Waals surface area contributed by atoms with Crippen LogP contribution in [0, 0.1) is 28.6 Å². The molecule has 0 unspecified atom stereocenters. The summed E-state index contributed by atoms with van der Waals surface area (Å²) < 4.78 is 2.13. The van der Waals surface area contributed by atoms with Crippen molar-refractivity contribution < 1.29 is 4.79 Å². The van der Waals surface area contributed by atoms with Gasteiger partial charge in [0.1, 0.15) is 0 Å². The molecule has 25 heavy (non-hydrogen) atoms. The van der Waals surface area contributed by atoms with Gasteiger partial charge in [0, 0.05) is 12.6 Å². The SMILES string of the molecule is C[C@]12CC[C@H]3[C@@H](CCC4=CC(=O)CC[C@@]43C)[C@@H]1CC[C@@H]2n1ccnn1. The third-order valence-electron chi connectivity index (χ3n) is 8.67. The third-order valence-corrected chi connectivity index (χ3v) is 8.67. The van der Waals surface area contributed by atoms with Gasteiger partial charge in [0.2, 0.25) is 0 Å². The number of fused-ring (bicyclic) bond motifs is 5. The fourth-order valence-corrected chi connectivity index (χ4v) is 7.35. The number of nitrogens with zero attached hydrogens (tertiary/aromatic N) is 3. The van der Waals surface area contributed by atoms with E-state index in [-0.39, 0.29) is 5.41 Å². The molecule has 3 saturated carbocycles. The molecular formula is C21H29N3O. The predicted molar refractivity (Wildman–Crippen MR) is 95.8 cm³/mol. The van der Waals surface area contributed by atoms with Gasteiger partial charge in [0.15, 0.2) is 5.78 Å². The summed E-state index contributed by atoms with van der Waals surface area (Å²) in [6.07, 6.45) is 15.3. The Morgan fingerprint density at radius 1 is 1.08 bits per heavy atom. The highest BCUT2D eigenvalue weighted by atomic mass is 16.1. The summed E-state index contributed by atoms with van der Waals surface area (Å²) in [6, 6.07) is 0.513. The second kappa shape index (κ2) is 5.28. The number of allylic oxidation sites excluding steroid dienone is 1. The van der Waals surface area contributed by atoms with E-state index in [1.54, 1.807) is 0 Å². The molecule has 0 amide bonds. The highest BCUT2D eigenvalue weighted by Gasteiger charge is 2.59. The average molecular weight is 339 g/mol. The van der Waals surface area contributed by atoms with E-state index >= 15 is 0 Å². The summed E-state index contributed by atoms with van der Waals surface area (Å²) in [5, 5.41) is 8.41. The van der Waals surface area contributed by atoms with Gasteiger partial charge in [-0.15, -0.1) is 5.10 Å². The molecule has 4 nitrogen and oxygen atoms in total. The fraction of sp³-hybridized carbons (Fsp3) is 0.762. The Morgan fingerprint density at radius 3 is 2.76 bits per heavy atom. The van der Waals surface area contributed by atoms with Crippen molar-refractivity contribution in [2.24, 2.45) is 28.6 Å². The molecule has 1 heterocycles. The van der Waals surface area contributed by atoms with E-state index < -0.39 is 0 Å². The summed E-state index contributed by atoms with van der Waals surface area (Å²) in [5.74, 6) is 2.76. The van der Waals surface area contributed by atoms with E-state index in [1.165, 1.54) is 37.7 Å². The zero-order valence-corrected chi connectivity index (χ0v) is 15.4. The molecule has 0 saturated heterocycles. The number of hydrogen-bond donors (Lipinski definition) is 0. The van der Waals surface area contributed by atoms with Gasteiger partial charge in [-0.2, -0.15) is 0 Å². The van der Waals surface area contributed by atoms with Crippen LogP contribution in [0.1, 0.15) is 71.3 Å². The number of rotatable bonds is 1. The van der Waals surface area contributed by atoms with Gasteiger partial charge in [-0.05, 0) is 79.6 Å². The van der Waals surface area contributed by atoms with Gasteiger partial charge in [-0.3, -0.25) is 4.79 Å². The van der Waals surface area contributed by atoms with Crippen LogP contribution >= 0.6 is 0 Å². The maximum atomic E-state index is 11.9. The van der Waals surface area contributed by atoms with Crippen molar-refractivity contribution in [3.05, 3.63) is 24.0 Å². The molecule has 4 aliphatic carbocycles. The Labute approximate surface area is 150 Å². The first-order valence-electron chi connectivity index (χ1n) is 10.1. The van der Waals surface area contributed by atoms with Gasteiger partial charge in [0.05, 0.1) is 12.2 Å². The Hall–Kier alpha value is -1.45. The molecule has 134 valence electrons. The van der Waals surface area contributed by atoms with Crippen LogP contribution in [0.2, 0.25) is 0 Å². The molecule has 0 spiro atoms. The summed E-state index contributed by atoms with van der Waals surface area (Å²) in [6.45, 7) is 4.99. The fourth-order valence-electron chi connectivity index (χ4n) is 7.35. The van der Waals surface area contributed by atoms with Crippen molar-refractivity contribution in [2.45, 2.75) is 71.3 Å². The summed E-state index contributed by atoms with van der Waals surface area (Å²) >= 11 is 0. The minimum atomic E-state index is 0.281. The second-order valence-corrected chi connectivity index (χ2v) is 9.49. The van der Waals surface area contributed by atoms with Crippen molar-refractivity contribution >= 4 is 5.78 Å². The Balaban J connectivity index is 1.48. The van der Waals surface area contributed by atoms with E-state index in [9.17, 15) is 4.79 Å². The molecule has 1 aromatic rings. The quantitative estimate of drug-likeness (QED) is 0.764. The van der Waals surface area contributed by atoms with E-state index in [0.29, 0.717) is 17.2 Å². The summed E-state index contributed by atoms with van der Waals surface area (Å²) in [5.41, 5.74) is 2.11.